The van der Waals surface area contributed by atoms with Crippen molar-refractivity contribution >= 4 is 29.2 Å². The first-order valence-electron chi connectivity index (χ1n) is 14.7. The van der Waals surface area contributed by atoms with Gasteiger partial charge >= 0.3 is 6.09 Å². The molecule has 232 valence electrons. The van der Waals surface area contributed by atoms with Gasteiger partial charge in [0.2, 0.25) is 0 Å². The molecule has 10 heteroatoms. The van der Waals surface area contributed by atoms with Gasteiger partial charge in [0.1, 0.15) is 24.7 Å². The third kappa shape index (κ3) is 6.85. The molecule has 1 fully saturated rings. The van der Waals surface area contributed by atoms with Gasteiger partial charge in [0.25, 0.3) is 5.91 Å². The van der Waals surface area contributed by atoms with Gasteiger partial charge < -0.3 is 29.9 Å². The summed E-state index contributed by atoms with van der Waals surface area (Å²) in [5.74, 6) is 0.952. The summed E-state index contributed by atoms with van der Waals surface area (Å²) >= 11 is 6.31. The molecule has 0 aliphatic carbocycles. The van der Waals surface area contributed by atoms with Crippen LogP contribution in [0.5, 0.6) is 11.5 Å². The molecule has 2 bridgehead atoms. The lowest BCUT2D eigenvalue weighted by molar-refractivity contribution is -0.128. The fourth-order valence-corrected chi connectivity index (χ4v) is 6.16. The lowest BCUT2D eigenvalue weighted by atomic mass is 9.82. The monoisotopic (exact) mass is 619 g/mol. The van der Waals surface area contributed by atoms with E-state index in [4.69, 9.17) is 21.1 Å². The van der Waals surface area contributed by atoms with Gasteiger partial charge in [-0.05, 0) is 72.4 Å². The van der Waals surface area contributed by atoms with Crippen LogP contribution in [0.2, 0.25) is 5.02 Å². The number of aliphatic hydroxyl groups is 1. The van der Waals surface area contributed by atoms with E-state index >= 15 is 0 Å². The number of piperazine rings is 1. The highest BCUT2D eigenvalue weighted by molar-refractivity contribution is 6.32. The van der Waals surface area contributed by atoms with E-state index < -0.39 is 18.2 Å². The van der Waals surface area contributed by atoms with Crippen molar-refractivity contribution in [3.63, 3.8) is 0 Å². The van der Waals surface area contributed by atoms with Crippen molar-refractivity contribution in [2.75, 3.05) is 39.9 Å². The normalized spacial score (nSPS) is 18.5. The molecule has 0 radical (unpaired) electrons. The summed E-state index contributed by atoms with van der Waals surface area (Å²) in [7, 11) is 1.64. The van der Waals surface area contributed by atoms with Crippen LogP contribution in [0.25, 0.3) is 5.57 Å². The van der Waals surface area contributed by atoms with E-state index in [0.717, 1.165) is 22.3 Å². The molecule has 2 aliphatic rings. The SMILES string of the molecule is Cc1cc(Cl)c(OCCOc2ccc(C3=C(C(=O)N(C)C[C@@H](O)c4ccccc4)[C@H]4CNC[C@@H](C3)N4C(=O)O)cc2)cc1C. The van der Waals surface area contributed by atoms with E-state index in [1.165, 1.54) is 9.80 Å². The van der Waals surface area contributed by atoms with Crippen molar-refractivity contribution in [1.82, 2.24) is 15.1 Å². The van der Waals surface area contributed by atoms with Crippen molar-refractivity contribution in [2.45, 2.75) is 38.5 Å². The van der Waals surface area contributed by atoms with Gasteiger partial charge in [-0.3, -0.25) is 9.69 Å². The molecule has 3 aromatic rings. The minimum absolute atomic E-state index is 0.0679. The van der Waals surface area contributed by atoms with Crippen molar-refractivity contribution in [3.8, 4) is 11.5 Å². The van der Waals surface area contributed by atoms with Gasteiger partial charge in [0.05, 0.1) is 29.8 Å². The van der Waals surface area contributed by atoms with E-state index in [1.807, 2.05) is 80.6 Å². The molecule has 3 aromatic carbocycles. The number of fused-ring (bicyclic) bond motifs is 2. The van der Waals surface area contributed by atoms with Crippen LogP contribution >= 0.6 is 11.6 Å². The number of aliphatic hydroxyl groups excluding tert-OH is 1. The highest BCUT2D eigenvalue weighted by atomic mass is 35.5. The second-order valence-electron chi connectivity index (χ2n) is 11.3. The van der Waals surface area contributed by atoms with Gasteiger partial charge in [-0.1, -0.05) is 54.1 Å². The Morgan fingerprint density at radius 2 is 1.70 bits per heavy atom. The number of likely N-dealkylation sites (N-methyl/N-ethyl adjacent to an activating group) is 1. The Kier molecular flexibility index (Phi) is 9.78. The summed E-state index contributed by atoms with van der Waals surface area (Å²) in [6, 6.07) is 19.5. The van der Waals surface area contributed by atoms with Crippen LogP contribution in [0.4, 0.5) is 4.79 Å². The maximum Gasteiger partial charge on any atom is 0.408 e. The molecule has 3 atom stereocenters. The van der Waals surface area contributed by atoms with E-state index in [2.05, 4.69) is 5.32 Å². The number of benzene rings is 3. The van der Waals surface area contributed by atoms with E-state index in [0.29, 0.717) is 60.4 Å². The highest BCUT2D eigenvalue weighted by Crippen LogP contribution is 2.38. The van der Waals surface area contributed by atoms with Crippen molar-refractivity contribution in [1.29, 1.82) is 0 Å². The van der Waals surface area contributed by atoms with Crippen LogP contribution in [0.3, 0.4) is 0 Å². The minimum atomic E-state index is -1.05. The second-order valence-corrected chi connectivity index (χ2v) is 11.7. The summed E-state index contributed by atoms with van der Waals surface area (Å²) in [6.45, 7) is 5.53. The Hall–Kier alpha value is -4.05. The summed E-state index contributed by atoms with van der Waals surface area (Å²) in [4.78, 5) is 29.2. The molecule has 2 amide bonds. The third-order valence-corrected chi connectivity index (χ3v) is 8.63. The van der Waals surface area contributed by atoms with Crippen molar-refractivity contribution in [2.24, 2.45) is 0 Å². The predicted molar refractivity (Wildman–Crippen MR) is 169 cm³/mol. The highest BCUT2D eigenvalue weighted by Gasteiger charge is 2.44. The number of carboxylic acid groups (broad SMARTS) is 1. The number of aryl methyl sites for hydroxylation is 2. The second kappa shape index (κ2) is 13.7. The molecule has 0 spiro atoms. The molecule has 3 N–H and O–H groups in total. The van der Waals surface area contributed by atoms with Crippen LogP contribution in [0.1, 0.15) is 34.8 Å². The number of rotatable bonds is 10. The van der Waals surface area contributed by atoms with Gasteiger partial charge in [-0.2, -0.15) is 0 Å². The number of amides is 2. The van der Waals surface area contributed by atoms with Crippen LogP contribution in [0.15, 0.2) is 72.3 Å². The molecule has 1 saturated heterocycles. The largest absolute Gasteiger partial charge is 0.490 e. The lowest BCUT2D eigenvalue weighted by Gasteiger charge is -2.46. The molecule has 44 heavy (non-hydrogen) atoms. The summed E-state index contributed by atoms with van der Waals surface area (Å²) < 4.78 is 11.7. The quantitative estimate of drug-likeness (QED) is 0.271. The Balaban J connectivity index is 1.33. The molecule has 0 unspecified atom stereocenters. The fourth-order valence-electron chi connectivity index (χ4n) is 5.89. The smallest absolute Gasteiger partial charge is 0.408 e. The van der Waals surface area contributed by atoms with Crippen LogP contribution in [-0.4, -0.2) is 84.0 Å². The Morgan fingerprint density at radius 1 is 1.02 bits per heavy atom. The molecule has 2 aliphatic heterocycles. The molecule has 0 aromatic heterocycles. The lowest BCUT2D eigenvalue weighted by Crippen LogP contribution is -2.63. The topological polar surface area (TPSA) is 112 Å². The number of hydrogen-bond acceptors (Lipinski definition) is 6. The molecule has 9 nitrogen and oxygen atoms in total. The van der Waals surface area contributed by atoms with Crippen LogP contribution in [0, 0.1) is 13.8 Å². The van der Waals surface area contributed by atoms with Crippen molar-refractivity contribution in [3.05, 3.63) is 99.6 Å². The number of carbonyl (C=O) groups excluding carboxylic acids is 1. The molecule has 0 saturated carbocycles. The van der Waals surface area contributed by atoms with Gasteiger partial charge in [-0.25, -0.2) is 4.79 Å². The van der Waals surface area contributed by atoms with Crippen molar-refractivity contribution < 1.29 is 29.3 Å². The molecular weight excluding hydrogens is 582 g/mol. The first kappa shape index (κ1) is 31.4. The maximum atomic E-state index is 14.0. The van der Waals surface area contributed by atoms with Crippen LogP contribution in [-0.2, 0) is 4.79 Å². The first-order chi connectivity index (χ1) is 21.1. The standard InChI is InChI=1S/C34H38ClN3O6/c1-21-15-28(35)31(16-22(21)2)44-14-13-43-26-11-9-23(10-12-26)27-17-25-18-36-19-29(38(25)34(41)42)32(27)33(40)37(3)20-30(39)24-7-5-4-6-8-24/h4-12,15-16,25,29-30,36,39H,13-14,17-20H2,1-3H3,(H,41,42)/t25-,29-,30-/m1/s1. The van der Waals surface area contributed by atoms with E-state index in [-0.39, 0.29) is 18.5 Å². The summed E-state index contributed by atoms with van der Waals surface area (Å²) in [6.07, 6.45) is -1.54. The zero-order chi connectivity index (χ0) is 31.4. The number of halogens is 1. The zero-order valence-corrected chi connectivity index (χ0v) is 25.9. The Morgan fingerprint density at radius 3 is 2.41 bits per heavy atom. The third-order valence-electron chi connectivity index (χ3n) is 8.33. The first-order valence-corrected chi connectivity index (χ1v) is 15.1. The van der Waals surface area contributed by atoms with Gasteiger partial charge in [-0.15, -0.1) is 0 Å². The van der Waals surface area contributed by atoms with E-state index in [9.17, 15) is 19.8 Å². The van der Waals surface area contributed by atoms with E-state index in [1.54, 1.807) is 7.05 Å². The molecule has 2 heterocycles. The predicted octanol–water partition coefficient (Wildman–Crippen LogP) is 5.08. The number of nitrogens with zero attached hydrogens (tertiary/aromatic N) is 2. The summed E-state index contributed by atoms with van der Waals surface area (Å²) in [5, 5.41) is 24.7. The minimum Gasteiger partial charge on any atom is -0.490 e. The Labute approximate surface area is 262 Å². The van der Waals surface area contributed by atoms with Gasteiger partial charge in [0, 0.05) is 25.7 Å². The molecule has 5 rings (SSSR count). The van der Waals surface area contributed by atoms with Crippen LogP contribution < -0.4 is 14.8 Å². The number of nitrogens with one attached hydrogen (secondary N) is 1. The summed E-state index contributed by atoms with van der Waals surface area (Å²) in [5.41, 5.74) is 4.96. The average molecular weight is 620 g/mol. The number of ether oxygens (including phenoxy) is 2. The molecular formula is C34H38ClN3O6. The zero-order valence-electron chi connectivity index (χ0n) is 25.1. The van der Waals surface area contributed by atoms with Gasteiger partial charge in [0.15, 0.2) is 0 Å². The number of carbonyl (C=O) groups is 2. The maximum absolute atomic E-state index is 14.0. The fraction of sp³-hybridized carbons (Fsp3) is 0.353. The Bertz CT molecular complexity index is 1530. The number of hydrogen-bond donors (Lipinski definition) is 3. The average Bonchev–Trinajstić information content (AvgIpc) is 3.01.